The summed E-state index contributed by atoms with van der Waals surface area (Å²) in [7, 11) is 3.53. The summed E-state index contributed by atoms with van der Waals surface area (Å²) in [5, 5.41) is 13.9. The molecule has 1 aromatic heterocycles. The molecule has 2 rings (SSSR count). The van der Waals surface area contributed by atoms with Gasteiger partial charge in [-0.3, -0.25) is 4.79 Å². The Labute approximate surface area is 88.0 Å². The van der Waals surface area contributed by atoms with Crippen molar-refractivity contribution < 1.29 is 4.79 Å². The van der Waals surface area contributed by atoms with Crippen molar-refractivity contribution in [2.45, 2.75) is 31.1 Å². The van der Waals surface area contributed by atoms with Gasteiger partial charge in [0.05, 0.1) is 0 Å². The molecular weight excluding hydrogens is 194 g/mol. The molecule has 6 nitrogen and oxygen atoms in total. The minimum atomic E-state index is -0.531. The fraction of sp³-hybridized carbons (Fsp3) is 0.778. The quantitative estimate of drug-likeness (QED) is 0.749. The molecule has 0 aliphatic heterocycles. The van der Waals surface area contributed by atoms with E-state index in [1.54, 1.807) is 19.0 Å². The van der Waals surface area contributed by atoms with Crippen LogP contribution in [0.1, 0.15) is 31.5 Å². The van der Waals surface area contributed by atoms with Gasteiger partial charge in [-0.05, 0) is 12.8 Å². The average molecular weight is 209 g/mol. The second-order valence-corrected chi connectivity index (χ2v) is 4.22. The van der Waals surface area contributed by atoms with Crippen molar-refractivity contribution in [3.05, 3.63) is 5.82 Å². The zero-order valence-electron chi connectivity index (χ0n) is 9.03. The van der Waals surface area contributed by atoms with Gasteiger partial charge in [0, 0.05) is 14.1 Å². The molecule has 0 aromatic carbocycles. The summed E-state index contributed by atoms with van der Waals surface area (Å²) >= 11 is 0. The number of rotatable bonds is 2. The SMILES string of the molecule is CN(C)C(=O)C1(c2nn[nH]n2)CCCC1. The lowest BCUT2D eigenvalue weighted by Gasteiger charge is -2.27. The van der Waals surface area contributed by atoms with Crippen LogP contribution in [0.4, 0.5) is 0 Å². The molecule has 0 radical (unpaired) electrons. The summed E-state index contributed by atoms with van der Waals surface area (Å²) in [6.07, 6.45) is 3.75. The topological polar surface area (TPSA) is 74.8 Å². The standard InChI is InChI=1S/C9H15N5O/c1-14(2)8(15)9(5-3-4-6-9)7-10-12-13-11-7/h3-6H2,1-2H3,(H,10,11,12,13). The lowest BCUT2D eigenvalue weighted by Crippen LogP contribution is -2.42. The van der Waals surface area contributed by atoms with Crippen LogP contribution in [0.15, 0.2) is 0 Å². The highest BCUT2D eigenvalue weighted by atomic mass is 16.2. The molecule has 1 amide bonds. The Morgan fingerprint density at radius 1 is 1.40 bits per heavy atom. The Morgan fingerprint density at radius 3 is 2.53 bits per heavy atom. The van der Waals surface area contributed by atoms with E-state index in [1.165, 1.54) is 0 Å². The number of carbonyl (C=O) groups excluding carboxylic acids is 1. The Morgan fingerprint density at radius 2 is 2.07 bits per heavy atom. The summed E-state index contributed by atoms with van der Waals surface area (Å²) in [6, 6.07) is 0. The van der Waals surface area contributed by atoms with Gasteiger partial charge in [0.2, 0.25) is 5.91 Å². The molecule has 0 spiro atoms. The van der Waals surface area contributed by atoms with E-state index < -0.39 is 5.41 Å². The van der Waals surface area contributed by atoms with Crippen LogP contribution in [0.2, 0.25) is 0 Å². The molecule has 6 heteroatoms. The average Bonchev–Trinajstić information content (AvgIpc) is 2.87. The lowest BCUT2D eigenvalue weighted by molar-refractivity contribution is -0.135. The van der Waals surface area contributed by atoms with Gasteiger partial charge in [-0.15, -0.1) is 10.2 Å². The minimum absolute atomic E-state index is 0.0846. The van der Waals surface area contributed by atoms with Gasteiger partial charge in [0.15, 0.2) is 5.82 Å². The Balaban J connectivity index is 2.37. The molecule has 1 fully saturated rings. The fourth-order valence-corrected chi connectivity index (χ4v) is 2.30. The fourth-order valence-electron chi connectivity index (χ4n) is 2.30. The molecule has 1 N–H and O–H groups in total. The van der Waals surface area contributed by atoms with Crippen LogP contribution in [0, 0.1) is 0 Å². The summed E-state index contributed by atoms with van der Waals surface area (Å²) < 4.78 is 0. The van der Waals surface area contributed by atoms with Crippen LogP contribution in [0.3, 0.4) is 0 Å². The van der Waals surface area contributed by atoms with Crippen molar-refractivity contribution in [1.82, 2.24) is 25.5 Å². The van der Waals surface area contributed by atoms with Crippen LogP contribution in [-0.4, -0.2) is 45.5 Å². The molecule has 1 aromatic rings. The molecule has 82 valence electrons. The molecule has 0 atom stereocenters. The third-order valence-electron chi connectivity index (χ3n) is 3.05. The normalized spacial score (nSPS) is 19.1. The highest BCUT2D eigenvalue weighted by Gasteiger charge is 2.47. The van der Waals surface area contributed by atoms with Gasteiger partial charge in [-0.25, -0.2) is 0 Å². The van der Waals surface area contributed by atoms with E-state index >= 15 is 0 Å². The molecule has 0 saturated heterocycles. The van der Waals surface area contributed by atoms with E-state index in [0.29, 0.717) is 5.82 Å². The van der Waals surface area contributed by atoms with E-state index in [2.05, 4.69) is 20.6 Å². The van der Waals surface area contributed by atoms with Crippen LogP contribution < -0.4 is 0 Å². The first-order chi connectivity index (χ1) is 7.17. The number of nitrogens with zero attached hydrogens (tertiary/aromatic N) is 4. The summed E-state index contributed by atoms with van der Waals surface area (Å²) in [6.45, 7) is 0. The Bertz CT molecular complexity index is 339. The first-order valence-electron chi connectivity index (χ1n) is 5.12. The monoisotopic (exact) mass is 209 g/mol. The first-order valence-corrected chi connectivity index (χ1v) is 5.12. The maximum atomic E-state index is 12.2. The summed E-state index contributed by atoms with van der Waals surface area (Å²) in [4.78, 5) is 13.8. The third-order valence-corrected chi connectivity index (χ3v) is 3.05. The number of tetrazole rings is 1. The van der Waals surface area contributed by atoms with Crippen molar-refractivity contribution in [2.75, 3.05) is 14.1 Å². The van der Waals surface area contributed by atoms with Crippen molar-refractivity contribution in [3.8, 4) is 0 Å². The first kappa shape index (κ1) is 10.1. The number of aromatic amines is 1. The van der Waals surface area contributed by atoms with Gasteiger partial charge in [0.25, 0.3) is 0 Å². The van der Waals surface area contributed by atoms with Crippen LogP contribution in [0.25, 0.3) is 0 Å². The van der Waals surface area contributed by atoms with E-state index in [9.17, 15) is 4.79 Å². The van der Waals surface area contributed by atoms with E-state index in [-0.39, 0.29) is 5.91 Å². The number of H-pyrrole nitrogens is 1. The van der Waals surface area contributed by atoms with Crippen LogP contribution >= 0.6 is 0 Å². The van der Waals surface area contributed by atoms with Crippen LogP contribution in [0.5, 0.6) is 0 Å². The van der Waals surface area contributed by atoms with E-state index in [4.69, 9.17) is 0 Å². The largest absolute Gasteiger partial charge is 0.348 e. The zero-order chi connectivity index (χ0) is 10.9. The Hall–Kier alpha value is -1.46. The summed E-state index contributed by atoms with van der Waals surface area (Å²) in [5.41, 5.74) is -0.531. The summed E-state index contributed by atoms with van der Waals surface area (Å²) in [5.74, 6) is 0.625. The van der Waals surface area contributed by atoms with Crippen molar-refractivity contribution in [2.24, 2.45) is 0 Å². The van der Waals surface area contributed by atoms with E-state index in [1.807, 2.05) is 0 Å². The highest BCUT2D eigenvalue weighted by Crippen LogP contribution is 2.40. The van der Waals surface area contributed by atoms with Gasteiger partial charge < -0.3 is 4.90 Å². The van der Waals surface area contributed by atoms with E-state index in [0.717, 1.165) is 25.7 Å². The molecular formula is C9H15N5O. The molecule has 1 heterocycles. The molecule has 1 aliphatic carbocycles. The molecule has 0 bridgehead atoms. The third kappa shape index (κ3) is 1.49. The number of amides is 1. The second-order valence-electron chi connectivity index (χ2n) is 4.22. The molecule has 0 unspecified atom stereocenters. The number of hydrogen-bond acceptors (Lipinski definition) is 4. The number of nitrogens with one attached hydrogen (secondary N) is 1. The predicted molar refractivity (Wildman–Crippen MR) is 53.0 cm³/mol. The van der Waals surface area contributed by atoms with Gasteiger partial charge in [-0.1, -0.05) is 18.1 Å². The smallest absolute Gasteiger partial charge is 0.236 e. The maximum Gasteiger partial charge on any atom is 0.236 e. The van der Waals surface area contributed by atoms with Crippen molar-refractivity contribution in [1.29, 1.82) is 0 Å². The van der Waals surface area contributed by atoms with Gasteiger partial charge in [-0.2, -0.15) is 5.21 Å². The zero-order valence-corrected chi connectivity index (χ0v) is 9.03. The van der Waals surface area contributed by atoms with Crippen LogP contribution in [-0.2, 0) is 10.2 Å². The number of aromatic nitrogens is 4. The number of hydrogen-bond donors (Lipinski definition) is 1. The van der Waals surface area contributed by atoms with Gasteiger partial charge >= 0.3 is 0 Å². The molecule has 15 heavy (non-hydrogen) atoms. The van der Waals surface area contributed by atoms with Crippen molar-refractivity contribution >= 4 is 5.91 Å². The number of likely N-dealkylation sites (N-methyl/N-ethyl adjacent to an activating group) is 1. The Kier molecular flexibility index (Phi) is 2.42. The van der Waals surface area contributed by atoms with Crippen molar-refractivity contribution in [3.63, 3.8) is 0 Å². The lowest BCUT2D eigenvalue weighted by atomic mass is 9.84. The van der Waals surface area contributed by atoms with Gasteiger partial charge in [0.1, 0.15) is 5.41 Å². The predicted octanol–water partition coefficient (Wildman–Crippen LogP) is 0.0997. The highest BCUT2D eigenvalue weighted by molar-refractivity contribution is 5.87. The minimum Gasteiger partial charge on any atom is -0.348 e. The molecule has 1 saturated carbocycles. The second kappa shape index (κ2) is 3.60. The maximum absolute atomic E-state index is 12.2. The molecule has 1 aliphatic rings. The number of carbonyl (C=O) groups is 1.